The predicted molar refractivity (Wildman–Crippen MR) is 65.7 cm³/mol. The molecule has 0 bridgehead atoms. The SMILES string of the molecule is NCCC1(F)CN(C(=O)OCc2ccccc2)C1. The highest BCUT2D eigenvalue weighted by atomic mass is 19.1. The van der Waals surface area contributed by atoms with E-state index in [1.807, 2.05) is 30.3 Å². The summed E-state index contributed by atoms with van der Waals surface area (Å²) in [4.78, 5) is 13.0. The average molecular weight is 252 g/mol. The number of alkyl halides is 1. The zero-order chi connectivity index (χ0) is 13.0. The first-order valence-corrected chi connectivity index (χ1v) is 5.98. The Morgan fingerprint density at radius 2 is 2.06 bits per heavy atom. The number of ether oxygens (including phenoxy) is 1. The van der Waals surface area contributed by atoms with E-state index in [4.69, 9.17) is 10.5 Å². The van der Waals surface area contributed by atoms with Crippen molar-refractivity contribution in [2.45, 2.75) is 18.7 Å². The number of hydrogen-bond donors (Lipinski definition) is 1. The summed E-state index contributed by atoms with van der Waals surface area (Å²) < 4.78 is 18.8. The molecule has 18 heavy (non-hydrogen) atoms. The van der Waals surface area contributed by atoms with Crippen LogP contribution in [0, 0.1) is 0 Å². The molecule has 5 heteroatoms. The molecule has 1 aromatic rings. The van der Waals surface area contributed by atoms with E-state index in [0.717, 1.165) is 5.56 Å². The molecule has 4 nitrogen and oxygen atoms in total. The molecule has 2 rings (SSSR count). The summed E-state index contributed by atoms with van der Waals surface area (Å²) in [5, 5.41) is 0. The predicted octanol–water partition coefficient (Wildman–Crippen LogP) is 1.70. The van der Waals surface area contributed by atoms with Gasteiger partial charge in [0.15, 0.2) is 0 Å². The van der Waals surface area contributed by atoms with Gasteiger partial charge in [-0.2, -0.15) is 0 Å². The van der Waals surface area contributed by atoms with Gasteiger partial charge in [0.05, 0.1) is 13.1 Å². The molecular weight excluding hydrogens is 235 g/mol. The normalized spacial score (nSPS) is 17.1. The first kappa shape index (κ1) is 12.8. The average Bonchev–Trinajstić information content (AvgIpc) is 2.34. The van der Waals surface area contributed by atoms with Crippen molar-refractivity contribution < 1.29 is 13.9 Å². The van der Waals surface area contributed by atoms with Crippen molar-refractivity contribution >= 4 is 6.09 Å². The van der Waals surface area contributed by atoms with Crippen LogP contribution in [0.3, 0.4) is 0 Å². The lowest BCUT2D eigenvalue weighted by Crippen LogP contribution is -2.61. The first-order chi connectivity index (χ1) is 8.63. The van der Waals surface area contributed by atoms with Gasteiger partial charge in [-0.1, -0.05) is 30.3 Å². The summed E-state index contributed by atoms with van der Waals surface area (Å²) >= 11 is 0. The van der Waals surface area contributed by atoms with Crippen molar-refractivity contribution in [1.82, 2.24) is 4.90 Å². The van der Waals surface area contributed by atoms with E-state index in [-0.39, 0.29) is 26.1 Å². The van der Waals surface area contributed by atoms with E-state index in [1.54, 1.807) is 0 Å². The van der Waals surface area contributed by atoms with E-state index in [1.165, 1.54) is 4.90 Å². The number of carbonyl (C=O) groups excluding carboxylic acids is 1. The molecule has 0 aliphatic carbocycles. The Bertz CT molecular complexity index is 405. The van der Waals surface area contributed by atoms with Gasteiger partial charge in [-0.3, -0.25) is 0 Å². The van der Waals surface area contributed by atoms with Crippen LogP contribution in [0.15, 0.2) is 30.3 Å². The summed E-state index contributed by atoms with van der Waals surface area (Å²) in [5.41, 5.74) is 4.90. The molecule has 1 saturated heterocycles. The molecule has 0 aromatic heterocycles. The minimum Gasteiger partial charge on any atom is -0.445 e. The van der Waals surface area contributed by atoms with Gasteiger partial charge < -0.3 is 15.4 Å². The number of amides is 1. The van der Waals surface area contributed by atoms with Gasteiger partial charge in [-0.15, -0.1) is 0 Å². The Labute approximate surface area is 106 Å². The van der Waals surface area contributed by atoms with Crippen LogP contribution in [0.1, 0.15) is 12.0 Å². The second-order valence-corrected chi connectivity index (χ2v) is 4.59. The van der Waals surface area contributed by atoms with Crippen LogP contribution in [0.4, 0.5) is 9.18 Å². The molecular formula is C13H17FN2O2. The van der Waals surface area contributed by atoms with Crippen LogP contribution in [-0.4, -0.2) is 36.3 Å². The lowest BCUT2D eigenvalue weighted by Gasteiger charge is -2.43. The number of likely N-dealkylation sites (tertiary alicyclic amines) is 1. The van der Waals surface area contributed by atoms with E-state index in [2.05, 4.69) is 0 Å². The Kier molecular flexibility index (Phi) is 3.81. The third-order valence-electron chi connectivity index (χ3n) is 3.00. The molecule has 1 amide bonds. The number of hydrogen-bond acceptors (Lipinski definition) is 3. The monoisotopic (exact) mass is 252 g/mol. The number of nitrogens with two attached hydrogens (primary N) is 1. The minimum absolute atomic E-state index is 0.0812. The number of rotatable bonds is 4. The van der Waals surface area contributed by atoms with Gasteiger partial charge in [0.1, 0.15) is 12.3 Å². The van der Waals surface area contributed by atoms with E-state index < -0.39 is 11.8 Å². The summed E-state index contributed by atoms with van der Waals surface area (Å²) in [6.07, 6.45) is -0.181. The van der Waals surface area contributed by atoms with Gasteiger partial charge in [0.2, 0.25) is 0 Å². The molecule has 1 heterocycles. The summed E-state index contributed by atoms with van der Waals surface area (Å²) in [6, 6.07) is 9.39. The van der Waals surface area contributed by atoms with Crippen molar-refractivity contribution in [2.75, 3.05) is 19.6 Å². The lowest BCUT2D eigenvalue weighted by molar-refractivity contribution is -0.0342. The van der Waals surface area contributed by atoms with Crippen LogP contribution in [0.2, 0.25) is 0 Å². The minimum atomic E-state index is -1.32. The molecule has 1 aromatic carbocycles. The van der Waals surface area contributed by atoms with Crippen LogP contribution >= 0.6 is 0 Å². The molecule has 2 N–H and O–H groups in total. The lowest BCUT2D eigenvalue weighted by atomic mass is 9.93. The summed E-state index contributed by atoms with van der Waals surface area (Å²) in [6.45, 7) is 0.672. The van der Waals surface area contributed by atoms with Crippen molar-refractivity contribution in [3.63, 3.8) is 0 Å². The van der Waals surface area contributed by atoms with Gasteiger partial charge >= 0.3 is 6.09 Å². The van der Waals surface area contributed by atoms with Gasteiger partial charge in [0, 0.05) is 0 Å². The van der Waals surface area contributed by atoms with Crippen LogP contribution in [0.25, 0.3) is 0 Å². The van der Waals surface area contributed by atoms with Gasteiger partial charge in [0.25, 0.3) is 0 Å². The molecule has 98 valence electrons. The number of halogens is 1. The molecule has 0 saturated carbocycles. The first-order valence-electron chi connectivity index (χ1n) is 5.98. The highest BCUT2D eigenvalue weighted by Crippen LogP contribution is 2.28. The maximum atomic E-state index is 13.8. The molecule has 1 aliphatic rings. The maximum Gasteiger partial charge on any atom is 0.410 e. The standard InChI is InChI=1S/C13H17FN2O2/c14-13(6-7-15)9-16(10-13)12(17)18-8-11-4-2-1-3-5-11/h1-5H,6-10,15H2. The van der Waals surface area contributed by atoms with Crippen molar-refractivity contribution in [3.05, 3.63) is 35.9 Å². The fourth-order valence-electron chi connectivity index (χ4n) is 1.99. The Balaban J connectivity index is 1.74. The van der Waals surface area contributed by atoms with Gasteiger partial charge in [-0.25, -0.2) is 9.18 Å². The molecule has 1 fully saturated rings. The second-order valence-electron chi connectivity index (χ2n) is 4.59. The highest BCUT2D eigenvalue weighted by Gasteiger charge is 2.45. The summed E-state index contributed by atoms with van der Waals surface area (Å²) in [5.74, 6) is 0. The Morgan fingerprint density at radius 3 is 2.67 bits per heavy atom. The van der Waals surface area contributed by atoms with Crippen molar-refractivity contribution in [3.8, 4) is 0 Å². The van der Waals surface area contributed by atoms with E-state index in [0.29, 0.717) is 6.54 Å². The highest BCUT2D eigenvalue weighted by molar-refractivity contribution is 5.69. The van der Waals surface area contributed by atoms with Crippen LogP contribution in [0.5, 0.6) is 0 Å². The third-order valence-corrected chi connectivity index (χ3v) is 3.00. The Morgan fingerprint density at radius 1 is 1.39 bits per heavy atom. The van der Waals surface area contributed by atoms with E-state index in [9.17, 15) is 9.18 Å². The fourth-order valence-corrected chi connectivity index (χ4v) is 1.99. The number of benzene rings is 1. The second kappa shape index (κ2) is 5.35. The van der Waals surface area contributed by atoms with Crippen LogP contribution in [-0.2, 0) is 11.3 Å². The fraction of sp³-hybridized carbons (Fsp3) is 0.462. The smallest absolute Gasteiger partial charge is 0.410 e. The Hall–Kier alpha value is -1.62. The molecule has 0 radical (unpaired) electrons. The zero-order valence-electron chi connectivity index (χ0n) is 10.1. The maximum absolute atomic E-state index is 13.8. The van der Waals surface area contributed by atoms with Gasteiger partial charge in [-0.05, 0) is 18.5 Å². The largest absolute Gasteiger partial charge is 0.445 e. The zero-order valence-corrected chi connectivity index (χ0v) is 10.1. The molecule has 1 aliphatic heterocycles. The molecule has 0 spiro atoms. The molecule has 0 atom stereocenters. The van der Waals surface area contributed by atoms with Crippen LogP contribution < -0.4 is 5.73 Å². The summed E-state index contributed by atoms with van der Waals surface area (Å²) in [7, 11) is 0. The molecule has 0 unspecified atom stereocenters. The quantitative estimate of drug-likeness (QED) is 0.887. The number of nitrogens with zero attached hydrogens (tertiary/aromatic N) is 1. The van der Waals surface area contributed by atoms with Crippen molar-refractivity contribution in [1.29, 1.82) is 0 Å². The third kappa shape index (κ3) is 2.98. The van der Waals surface area contributed by atoms with E-state index >= 15 is 0 Å². The van der Waals surface area contributed by atoms with Crippen molar-refractivity contribution in [2.24, 2.45) is 5.73 Å². The number of carbonyl (C=O) groups is 1. The topological polar surface area (TPSA) is 55.6 Å².